The number of amides is 2. The van der Waals surface area contributed by atoms with Crippen LogP contribution in [-0.4, -0.2) is 44.9 Å². The topological polar surface area (TPSA) is 87.5 Å². The molecule has 1 aliphatic rings. The van der Waals surface area contributed by atoms with Gasteiger partial charge in [-0.15, -0.1) is 0 Å². The molecule has 1 unspecified atom stereocenters. The number of hydrogen-bond donors (Lipinski definition) is 2. The highest BCUT2D eigenvalue weighted by molar-refractivity contribution is 5.93. The van der Waals surface area contributed by atoms with Gasteiger partial charge in [-0.1, -0.05) is 30.3 Å². The Morgan fingerprint density at radius 2 is 2.04 bits per heavy atom. The highest BCUT2D eigenvalue weighted by atomic mass is 16.4. The smallest absolute Gasteiger partial charge is 0.321 e. The van der Waals surface area contributed by atoms with Crippen molar-refractivity contribution in [3.63, 3.8) is 0 Å². The van der Waals surface area contributed by atoms with Crippen molar-refractivity contribution in [3.8, 4) is 11.3 Å². The van der Waals surface area contributed by atoms with E-state index in [1.165, 1.54) is 0 Å². The van der Waals surface area contributed by atoms with Crippen molar-refractivity contribution in [2.24, 2.45) is 13.0 Å². The monoisotopic (exact) mass is 328 g/mol. The Kier molecular flexibility index (Phi) is 4.50. The molecule has 0 aliphatic carbocycles. The van der Waals surface area contributed by atoms with Crippen LogP contribution in [0.3, 0.4) is 0 Å². The molecule has 1 atom stereocenters. The Hall–Kier alpha value is -2.83. The van der Waals surface area contributed by atoms with E-state index in [4.69, 9.17) is 5.11 Å². The molecule has 2 heterocycles. The number of urea groups is 1. The Labute approximate surface area is 139 Å². The van der Waals surface area contributed by atoms with Crippen molar-refractivity contribution in [2.75, 3.05) is 18.4 Å². The maximum atomic E-state index is 12.5. The van der Waals surface area contributed by atoms with E-state index in [1.54, 1.807) is 15.8 Å². The maximum Gasteiger partial charge on any atom is 0.321 e. The number of carbonyl (C=O) groups is 2. The molecule has 2 aromatic rings. The fraction of sp³-hybridized carbons (Fsp3) is 0.353. The molecule has 0 spiro atoms. The molecule has 7 nitrogen and oxygen atoms in total. The lowest BCUT2D eigenvalue weighted by atomic mass is 9.99. The van der Waals surface area contributed by atoms with Gasteiger partial charge in [0.25, 0.3) is 0 Å². The van der Waals surface area contributed by atoms with Crippen LogP contribution in [-0.2, 0) is 11.8 Å². The van der Waals surface area contributed by atoms with Crippen molar-refractivity contribution in [1.82, 2.24) is 14.7 Å². The number of aromatic nitrogens is 2. The van der Waals surface area contributed by atoms with E-state index in [0.29, 0.717) is 25.1 Å². The first-order chi connectivity index (χ1) is 11.6. The van der Waals surface area contributed by atoms with E-state index in [0.717, 1.165) is 11.3 Å². The molecule has 7 heteroatoms. The van der Waals surface area contributed by atoms with Gasteiger partial charge in [-0.2, -0.15) is 5.10 Å². The van der Waals surface area contributed by atoms with E-state index >= 15 is 0 Å². The summed E-state index contributed by atoms with van der Waals surface area (Å²) in [4.78, 5) is 25.2. The highest BCUT2D eigenvalue weighted by Gasteiger charge is 2.28. The predicted molar refractivity (Wildman–Crippen MR) is 89.6 cm³/mol. The molecule has 2 N–H and O–H groups in total. The summed E-state index contributed by atoms with van der Waals surface area (Å²) in [5.41, 5.74) is 2.39. The summed E-state index contributed by atoms with van der Waals surface area (Å²) in [5, 5.41) is 16.2. The molecule has 1 aliphatic heterocycles. The zero-order valence-corrected chi connectivity index (χ0v) is 13.5. The number of anilines is 1. The lowest BCUT2D eigenvalue weighted by Crippen LogP contribution is -2.44. The number of carboxylic acid groups (broad SMARTS) is 1. The van der Waals surface area contributed by atoms with Gasteiger partial charge in [-0.25, -0.2) is 4.79 Å². The van der Waals surface area contributed by atoms with Gasteiger partial charge in [0.1, 0.15) is 0 Å². The standard InChI is InChI=1S/C17H20N4O3/c1-20-15(12-6-3-2-4-7-12)14(10-18-20)19-17(24)21-9-5-8-13(11-21)16(22)23/h2-4,6-7,10,13H,5,8-9,11H2,1H3,(H,19,24)(H,22,23). The first-order valence-electron chi connectivity index (χ1n) is 7.92. The van der Waals surface area contributed by atoms with Gasteiger partial charge < -0.3 is 15.3 Å². The third-order valence-corrected chi connectivity index (χ3v) is 4.29. The molecule has 0 radical (unpaired) electrons. The minimum atomic E-state index is -0.848. The van der Waals surface area contributed by atoms with Crippen LogP contribution in [0, 0.1) is 5.92 Å². The number of carboxylic acids is 1. The zero-order chi connectivity index (χ0) is 17.1. The second kappa shape index (κ2) is 6.74. The summed E-state index contributed by atoms with van der Waals surface area (Å²) in [6.45, 7) is 0.804. The number of nitrogens with one attached hydrogen (secondary N) is 1. The van der Waals surface area contributed by atoms with Crippen LogP contribution < -0.4 is 5.32 Å². The van der Waals surface area contributed by atoms with E-state index in [1.807, 2.05) is 37.4 Å². The SMILES string of the molecule is Cn1ncc(NC(=O)N2CCCC(C(=O)O)C2)c1-c1ccccc1. The molecular weight excluding hydrogens is 308 g/mol. The number of benzene rings is 1. The number of rotatable bonds is 3. The molecule has 1 aromatic carbocycles. The van der Waals surface area contributed by atoms with E-state index in [2.05, 4.69) is 10.4 Å². The molecule has 0 saturated carbocycles. The molecule has 126 valence electrons. The van der Waals surface area contributed by atoms with Crippen LogP contribution in [0.15, 0.2) is 36.5 Å². The minimum Gasteiger partial charge on any atom is -0.481 e. The molecule has 3 rings (SSSR count). The van der Waals surface area contributed by atoms with Crippen LogP contribution in [0.5, 0.6) is 0 Å². The second-order valence-corrected chi connectivity index (χ2v) is 5.95. The van der Waals surface area contributed by atoms with Crippen molar-refractivity contribution in [1.29, 1.82) is 0 Å². The summed E-state index contributed by atoms with van der Waals surface area (Å²) < 4.78 is 1.71. The fourth-order valence-corrected chi connectivity index (χ4v) is 3.02. The Morgan fingerprint density at radius 3 is 2.75 bits per heavy atom. The Bertz CT molecular complexity index is 742. The third-order valence-electron chi connectivity index (χ3n) is 4.29. The van der Waals surface area contributed by atoms with Crippen LogP contribution >= 0.6 is 0 Å². The van der Waals surface area contributed by atoms with Crippen molar-refractivity contribution in [3.05, 3.63) is 36.5 Å². The van der Waals surface area contributed by atoms with Gasteiger partial charge >= 0.3 is 12.0 Å². The number of piperidine rings is 1. The quantitative estimate of drug-likeness (QED) is 0.906. The zero-order valence-electron chi connectivity index (χ0n) is 13.5. The number of aliphatic carboxylic acids is 1. The summed E-state index contributed by atoms with van der Waals surface area (Å²) in [7, 11) is 1.82. The summed E-state index contributed by atoms with van der Waals surface area (Å²) >= 11 is 0. The first kappa shape index (κ1) is 16.0. The van der Waals surface area contributed by atoms with Crippen LogP contribution in [0.1, 0.15) is 12.8 Å². The summed E-state index contributed by atoms with van der Waals surface area (Å²) in [6, 6.07) is 9.40. The van der Waals surface area contributed by atoms with E-state index in [9.17, 15) is 9.59 Å². The van der Waals surface area contributed by atoms with E-state index in [-0.39, 0.29) is 12.6 Å². The van der Waals surface area contributed by atoms with Crippen molar-refractivity contribution < 1.29 is 14.7 Å². The van der Waals surface area contributed by atoms with Crippen LogP contribution in [0.2, 0.25) is 0 Å². The van der Waals surface area contributed by atoms with E-state index < -0.39 is 11.9 Å². The molecule has 24 heavy (non-hydrogen) atoms. The highest BCUT2D eigenvalue weighted by Crippen LogP contribution is 2.27. The molecular formula is C17H20N4O3. The summed E-state index contributed by atoms with van der Waals surface area (Å²) in [5.74, 6) is -1.34. The minimum absolute atomic E-state index is 0.238. The van der Waals surface area contributed by atoms with Gasteiger partial charge in [-0.3, -0.25) is 9.48 Å². The molecule has 2 amide bonds. The molecule has 0 bridgehead atoms. The van der Waals surface area contributed by atoms with Crippen molar-refractivity contribution >= 4 is 17.7 Å². The van der Waals surface area contributed by atoms with Gasteiger partial charge in [0.2, 0.25) is 0 Å². The first-order valence-corrected chi connectivity index (χ1v) is 7.92. The van der Waals surface area contributed by atoms with Gasteiger partial charge in [0.15, 0.2) is 0 Å². The van der Waals surface area contributed by atoms with Crippen molar-refractivity contribution in [2.45, 2.75) is 12.8 Å². The lowest BCUT2D eigenvalue weighted by Gasteiger charge is -2.30. The molecule has 1 fully saturated rings. The number of hydrogen-bond acceptors (Lipinski definition) is 3. The third kappa shape index (κ3) is 3.24. The average Bonchev–Trinajstić information content (AvgIpc) is 2.96. The van der Waals surface area contributed by atoms with Gasteiger partial charge in [0.05, 0.1) is 23.5 Å². The number of nitrogens with zero attached hydrogens (tertiary/aromatic N) is 3. The van der Waals surface area contributed by atoms with Crippen LogP contribution in [0.4, 0.5) is 10.5 Å². The van der Waals surface area contributed by atoms with Crippen LogP contribution in [0.25, 0.3) is 11.3 Å². The summed E-state index contributed by atoms with van der Waals surface area (Å²) in [6.07, 6.45) is 2.92. The Morgan fingerprint density at radius 1 is 1.29 bits per heavy atom. The number of likely N-dealkylation sites (tertiary alicyclic amines) is 1. The second-order valence-electron chi connectivity index (χ2n) is 5.95. The van der Waals surface area contributed by atoms with Gasteiger partial charge in [-0.05, 0) is 12.8 Å². The Balaban J connectivity index is 1.77. The largest absolute Gasteiger partial charge is 0.481 e. The molecule has 1 aromatic heterocycles. The molecule has 1 saturated heterocycles. The normalized spacial score (nSPS) is 17.5. The number of carbonyl (C=O) groups excluding carboxylic acids is 1. The maximum absolute atomic E-state index is 12.5. The fourth-order valence-electron chi connectivity index (χ4n) is 3.02. The predicted octanol–water partition coefficient (Wildman–Crippen LogP) is 2.42. The van der Waals surface area contributed by atoms with Gasteiger partial charge in [0, 0.05) is 25.7 Å². The number of aryl methyl sites for hydroxylation is 1. The average molecular weight is 328 g/mol. The lowest BCUT2D eigenvalue weighted by molar-refractivity contribution is -0.143.